The molecular weight excluding hydrogens is 168 g/mol. The highest BCUT2D eigenvalue weighted by molar-refractivity contribution is 5.72. The topological polar surface area (TPSA) is 63.3 Å². The summed E-state index contributed by atoms with van der Waals surface area (Å²) in [6, 6.07) is -0.313. The van der Waals surface area contributed by atoms with Crippen LogP contribution in [0.5, 0.6) is 0 Å². The van der Waals surface area contributed by atoms with Gasteiger partial charge in [-0.2, -0.15) is 0 Å². The molecule has 0 unspecified atom stereocenters. The molecule has 0 aromatic carbocycles. The van der Waals surface area contributed by atoms with Gasteiger partial charge in [-0.05, 0) is 19.4 Å². The molecule has 0 bridgehead atoms. The largest absolute Gasteiger partial charge is 0.477 e. The van der Waals surface area contributed by atoms with Crippen LogP contribution >= 0.6 is 0 Å². The molecule has 0 spiro atoms. The van der Waals surface area contributed by atoms with Crippen LogP contribution < -0.4 is 5.73 Å². The van der Waals surface area contributed by atoms with Gasteiger partial charge in [0, 0.05) is 6.42 Å². The number of nitrogens with two attached hydrogens (primary N) is 1. The average molecular weight is 189 g/mol. The molecular formula is C9H21N2O2+. The fraction of sp³-hybridized carbons (Fsp3) is 0.889. The average Bonchev–Trinajstić information content (AvgIpc) is 1.94. The molecule has 1 atom stereocenters. The third-order valence-electron chi connectivity index (χ3n) is 2.15. The van der Waals surface area contributed by atoms with Crippen LogP contribution in [0.3, 0.4) is 0 Å². The summed E-state index contributed by atoms with van der Waals surface area (Å²) >= 11 is 0. The molecule has 0 fully saturated rings. The van der Waals surface area contributed by atoms with Gasteiger partial charge in [0.25, 0.3) is 0 Å². The zero-order valence-corrected chi connectivity index (χ0v) is 8.79. The van der Waals surface area contributed by atoms with Gasteiger partial charge >= 0.3 is 5.97 Å². The lowest BCUT2D eigenvalue weighted by atomic mass is 10.1. The first kappa shape index (κ1) is 12.4. The van der Waals surface area contributed by atoms with Crippen LogP contribution in [0.1, 0.15) is 19.3 Å². The Balaban J connectivity index is 4.04. The molecule has 0 rings (SSSR count). The van der Waals surface area contributed by atoms with Gasteiger partial charge in [0.1, 0.15) is 0 Å². The third kappa shape index (κ3) is 4.85. The Hall–Kier alpha value is -0.610. The maximum Gasteiger partial charge on any atom is 0.362 e. The Morgan fingerprint density at radius 2 is 1.92 bits per heavy atom. The van der Waals surface area contributed by atoms with Crippen LogP contribution in [0.4, 0.5) is 0 Å². The first-order chi connectivity index (χ1) is 5.89. The molecule has 4 nitrogen and oxygen atoms in total. The Bertz CT molecular complexity index is 163. The summed E-state index contributed by atoms with van der Waals surface area (Å²) in [5.74, 6) is -0.718. The second-order valence-electron chi connectivity index (χ2n) is 4.25. The standard InChI is InChI=1S/C9H20N2O2/c1-11(2,3)8(9(12)13)6-4-5-7-10/h8H,4-7,10H2,1-3H3/p+1/t8-/m0/s1. The molecule has 13 heavy (non-hydrogen) atoms. The molecule has 0 aromatic rings. The maximum absolute atomic E-state index is 10.9. The lowest BCUT2D eigenvalue weighted by molar-refractivity contribution is -0.887. The molecule has 78 valence electrons. The molecule has 0 aromatic heterocycles. The van der Waals surface area contributed by atoms with Crippen molar-refractivity contribution >= 4 is 5.97 Å². The number of carboxylic acid groups (broad SMARTS) is 1. The van der Waals surface area contributed by atoms with E-state index < -0.39 is 5.97 Å². The molecule has 0 saturated heterocycles. The fourth-order valence-corrected chi connectivity index (χ4v) is 1.32. The van der Waals surface area contributed by atoms with Crippen molar-refractivity contribution in [3.8, 4) is 0 Å². The monoisotopic (exact) mass is 189 g/mol. The summed E-state index contributed by atoms with van der Waals surface area (Å²) in [6.07, 6.45) is 2.50. The van der Waals surface area contributed by atoms with Crippen molar-refractivity contribution in [1.82, 2.24) is 0 Å². The van der Waals surface area contributed by atoms with Gasteiger partial charge in [-0.1, -0.05) is 0 Å². The molecule has 0 saturated carbocycles. The Morgan fingerprint density at radius 3 is 2.23 bits per heavy atom. The molecule has 0 amide bonds. The van der Waals surface area contributed by atoms with Gasteiger partial charge in [0.05, 0.1) is 21.1 Å². The summed E-state index contributed by atoms with van der Waals surface area (Å²) in [6.45, 7) is 0.642. The van der Waals surface area contributed by atoms with E-state index in [0.717, 1.165) is 12.8 Å². The van der Waals surface area contributed by atoms with E-state index in [-0.39, 0.29) is 6.04 Å². The van der Waals surface area contributed by atoms with Crippen LogP contribution in [0.15, 0.2) is 0 Å². The highest BCUT2D eigenvalue weighted by atomic mass is 16.4. The van der Waals surface area contributed by atoms with Crippen LogP contribution in [-0.2, 0) is 4.79 Å². The lowest BCUT2D eigenvalue weighted by Gasteiger charge is -2.31. The van der Waals surface area contributed by atoms with Crippen LogP contribution in [0, 0.1) is 0 Å². The van der Waals surface area contributed by atoms with Gasteiger partial charge in [-0.25, -0.2) is 4.79 Å². The van der Waals surface area contributed by atoms with Crippen molar-refractivity contribution in [2.45, 2.75) is 25.3 Å². The van der Waals surface area contributed by atoms with Crippen molar-refractivity contribution in [2.75, 3.05) is 27.7 Å². The van der Waals surface area contributed by atoms with E-state index in [0.29, 0.717) is 17.4 Å². The van der Waals surface area contributed by atoms with Gasteiger partial charge in [0.2, 0.25) is 0 Å². The molecule has 0 aliphatic rings. The van der Waals surface area contributed by atoms with Gasteiger partial charge in [-0.3, -0.25) is 0 Å². The van der Waals surface area contributed by atoms with Crippen molar-refractivity contribution in [1.29, 1.82) is 0 Å². The number of nitrogens with zero attached hydrogens (tertiary/aromatic N) is 1. The normalized spacial score (nSPS) is 14.2. The van der Waals surface area contributed by atoms with Crippen molar-refractivity contribution < 1.29 is 14.4 Å². The first-order valence-corrected chi connectivity index (χ1v) is 4.63. The number of quaternary nitrogens is 1. The number of aliphatic carboxylic acids is 1. The van der Waals surface area contributed by atoms with E-state index >= 15 is 0 Å². The summed E-state index contributed by atoms with van der Waals surface area (Å²) in [4.78, 5) is 10.9. The molecule has 0 aliphatic heterocycles. The van der Waals surface area contributed by atoms with Crippen LogP contribution in [0.2, 0.25) is 0 Å². The van der Waals surface area contributed by atoms with Crippen molar-refractivity contribution in [3.05, 3.63) is 0 Å². The molecule has 4 heteroatoms. The predicted molar refractivity (Wildman–Crippen MR) is 52.4 cm³/mol. The zero-order valence-electron chi connectivity index (χ0n) is 8.79. The first-order valence-electron chi connectivity index (χ1n) is 4.63. The number of likely N-dealkylation sites (N-methyl/N-ethyl adjacent to an activating group) is 1. The molecule has 0 aliphatic carbocycles. The van der Waals surface area contributed by atoms with E-state index in [4.69, 9.17) is 10.8 Å². The maximum atomic E-state index is 10.9. The minimum atomic E-state index is -0.718. The van der Waals surface area contributed by atoms with E-state index in [9.17, 15) is 4.79 Å². The quantitative estimate of drug-likeness (QED) is 0.466. The number of rotatable bonds is 6. The van der Waals surface area contributed by atoms with E-state index in [1.165, 1.54) is 0 Å². The van der Waals surface area contributed by atoms with Crippen LogP contribution in [-0.4, -0.2) is 49.3 Å². The Kier molecular flexibility index (Phi) is 4.95. The van der Waals surface area contributed by atoms with Crippen molar-refractivity contribution in [3.63, 3.8) is 0 Å². The Morgan fingerprint density at radius 1 is 1.38 bits per heavy atom. The highest BCUT2D eigenvalue weighted by Gasteiger charge is 2.30. The number of unbranched alkanes of at least 4 members (excludes halogenated alkanes) is 1. The predicted octanol–water partition coefficient (Wildman–Crippen LogP) is 0.275. The van der Waals surface area contributed by atoms with E-state index in [1.54, 1.807) is 0 Å². The highest BCUT2D eigenvalue weighted by Crippen LogP contribution is 2.11. The van der Waals surface area contributed by atoms with Gasteiger partial charge < -0.3 is 15.3 Å². The summed E-state index contributed by atoms with van der Waals surface area (Å²) in [5.41, 5.74) is 5.35. The SMILES string of the molecule is C[N+](C)(C)[C@@H](CCCCN)C(=O)O. The summed E-state index contributed by atoms with van der Waals surface area (Å²) in [5, 5.41) is 8.96. The third-order valence-corrected chi connectivity index (χ3v) is 2.15. The molecule has 3 N–H and O–H groups in total. The van der Waals surface area contributed by atoms with Crippen LogP contribution in [0.25, 0.3) is 0 Å². The zero-order chi connectivity index (χ0) is 10.5. The number of hydrogen-bond donors (Lipinski definition) is 2. The van der Waals surface area contributed by atoms with Gasteiger partial charge in [-0.15, -0.1) is 0 Å². The van der Waals surface area contributed by atoms with E-state index in [2.05, 4.69) is 0 Å². The minimum absolute atomic E-state index is 0.313. The lowest BCUT2D eigenvalue weighted by Crippen LogP contribution is -2.49. The summed E-state index contributed by atoms with van der Waals surface area (Å²) in [7, 11) is 5.71. The Labute approximate surface area is 79.9 Å². The second-order valence-corrected chi connectivity index (χ2v) is 4.25. The number of hydrogen-bond acceptors (Lipinski definition) is 2. The van der Waals surface area contributed by atoms with Gasteiger partial charge in [0.15, 0.2) is 6.04 Å². The second kappa shape index (κ2) is 5.19. The molecule has 0 heterocycles. The number of carbonyl (C=O) groups is 1. The van der Waals surface area contributed by atoms with Crippen molar-refractivity contribution in [2.24, 2.45) is 5.73 Å². The van der Waals surface area contributed by atoms with E-state index in [1.807, 2.05) is 21.1 Å². The fourth-order valence-electron chi connectivity index (χ4n) is 1.32. The minimum Gasteiger partial charge on any atom is -0.477 e. The number of carboxylic acids is 1. The smallest absolute Gasteiger partial charge is 0.362 e. The summed E-state index contributed by atoms with van der Waals surface area (Å²) < 4.78 is 0.472. The molecule has 0 radical (unpaired) electrons.